The van der Waals surface area contributed by atoms with Gasteiger partial charge < -0.3 is 14.8 Å². The Morgan fingerprint density at radius 3 is 2.88 bits per heavy atom. The molecule has 0 saturated heterocycles. The van der Waals surface area contributed by atoms with Crippen LogP contribution >= 0.6 is 11.8 Å². The minimum atomic E-state index is -0.119. The molecule has 0 aliphatic carbocycles. The highest BCUT2D eigenvalue weighted by atomic mass is 32.2. The number of hydrogen-bond acceptors (Lipinski definition) is 6. The van der Waals surface area contributed by atoms with Gasteiger partial charge in [-0.15, -0.1) is 5.10 Å². The van der Waals surface area contributed by atoms with Crippen LogP contribution in [0, 0.1) is 0 Å². The molecule has 0 bridgehead atoms. The van der Waals surface area contributed by atoms with Crippen LogP contribution in [-0.2, 0) is 4.79 Å². The zero-order chi connectivity index (χ0) is 17.1. The first-order valence-corrected chi connectivity index (χ1v) is 8.75. The van der Waals surface area contributed by atoms with Crippen LogP contribution in [0.25, 0.3) is 0 Å². The summed E-state index contributed by atoms with van der Waals surface area (Å²) in [6.45, 7) is 6.25. The van der Waals surface area contributed by atoms with Crippen LogP contribution < -0.4 is 14.8 Å². The van der Waals surface area contributed by atoms with E-state index in [1.807, 2.05) is 39.0 Å². The highest BCUT2D eigenvalue weighted by molar-refractivity contribution is 7.99. The molecule has 2 heterocycles. The van der Waals surface area contributed by atoms with E-state index < -0.39 is 0 Å². The fourth-order valence-electron chi connectivity index (χ4n) is 2.26. The number of amides is 1. The van der Waals surface area contributed by atoms with E-state index in [1.54, 1.807) is 0 Å². The molecule has 2 aromatic rings. The van der Waals surface area contributed by atoms with Crippen molar-refractivity contribution in [1.29, 1.82) is 0 Å². The summed E-state index contributed by atoms with van der Waals surface area (Å²) >= 11 is 1.31. The second-order valence-corrected chi connectivity index (χ2v) is 6.79. The average molecular weight is 348 g/mol. The Labute approximate surface area is 144 Å². The summed E-state index contributed by atoms with van der Waals surface area (Å²) in [5.74, 6) is 2.76. The number of ether oxygens (including phenoxy) is 2. The molecule has 2 N–H and O–H groups in total. The first-order valence-electron chi connectivity index (χ1n) is 7.77. The van der Waals surface area contributed by atoms with Gasteiger partial charge in [0.25, 0.3) is 0 Å². The molecule has 0 fully saturated rings. The lowest BCUT2D eigenvalue weighted by Gasteiger charge is -2.14. The maximum Gasteiger partial charge on any atom is 0.231 e. The SMILES string of the molecule is CC(C)c1nc(SCC(=O)NC(C)c2ccc3c(c2)OCO3)n[nH]1. The van der Waals surface area contributed by atoms with E-state index in [2.05, 4.69) is 20.5 Å². The van der Waals surface area contributed by atoms with Crippen molar-refractivity contribution in [2.45, 2.75) is 37.9 Å². The van der Waals surface area contributed by atoms with Gasteiger partial charge in [-0.3, -0.25) is 9.89 Å². The van der Waals surface area contributed by atoms with Gasteiger partial charge in [-0.25, -0.2) is 4.98 Å². The number of nitrogens with zero attached hydrogens (tertiary/aromatic N) is 2. The molecule has 0 radical (unpaired) electrons. The Bertz CT molecular complexity index is 732. The zero-order valence-electron chi connectivity index (χ0n) is 13.8. The molecule has 1 unspecified atom stereocenters. The molecular weight excluding hydrogens is 328 g/mol. The van der Waals surface area contributed by atoms with Crippen LogP contribution in [0.15, 0.2) is 23.4 Å². The molecular formula is C16H20N4O3S. The summed E-state index contributed by atoms with van der Waals surface area (Å²) in [5, 5.41) is 10.5. The number of benzene rings is 1. The summed E-state index contributed by atoms with van der Waals surface area (Å²) in [7, 11) is 0. The van der Waals surface area contributed by atoms with E-state index in [4.69, 9.17) is 9.47 Å². The Balaban J connectivity index is 1.52. The Kier molecular flexibility index (Phi) is 4.94. The van der Waals surface area contributed by atoms with Crippen LogP contribution in [0.1, 0.15) is 44.1 Å². The molecule has 1 aromatic carbocycles. The molecule has 3 rings (SSSR count). The van der Waals surface area contributed by atoms with Crippen molar-refractivity contribution in [3.63, 3.8) is 0 Å². The first-order chi connectivity index (χ1) is 11.5. The van der Waals surface area contributed by atoms with Crippen LogP contribution in [-0.4, -0.2) is 33.6 Å². The molecule has 0 spiro atoms. The second-order valence-electron chi connectivity index (χ2n) is 5.85. The van der Waals surface area contributed by atoms with Crippen molar-refractivity contribution in [3.05, 3.63) is 29.6 Å². The van der Waals surface area contributed by atoms with E-state index in [9.17, 15) is 4.79 Å². The molecule has 1 atom stereocenters. The molecule has 1 aliphatic heterocycles. The molecule has 1 amide bonds. The fraction of sp³-hybridized carbons (Fsp3) is 0.438. The van der Waals surface area contributed by atoms with Gasteiger partial charge in [0.05, 0.1) is 11.8 Å². The van der Waals surface area contributed by atoms with Crippen molar-refractivity contribution in [2.24, 2.45) is 0 Å². The molecule has 7 nitrogen and oxygen atoms in total. The van der Waals surface area contributed by atoms with Gasteiger partial charge in [0.15, 0.2) is 11.5 Å². The normalized spacial score (nSPS) is 14.0. The van der Waals surface area contributed by atoms with Crippen LogP contribution in [0.3, 0.4) is 0 Å². The standard InChI is InChI=1S/C16H20N4O3S/c1-9(2)15-18-16(20-19-15)24-7-14(21)17-10(3)11-4-5-12-13(6-11)23-8-22-12/h4-6,9-10H,7-8H2,1-3H3,(H,17,21)(H,18,19,20). The number of carbonyl (C=O) groups excluding carboxylic acids is 1. The second kappa shape index (κ2) is 7.12. The van der Waals surface area contributed by atoms with Gasteiger partial charge in [0, 0.05) is 5.92 Å². The van der Waals surface area contributed by atoms with Gasteiger partial charge in [0.1, 0.15) is 5.82 Å². The predicted octanol–water partition coefficient (Wildman–Crippen LogP) is 2.63. The Hall–Kier alpha value is -2.22. The summed E-state index contributed by atoms with van der Waals surface area (Å²) in [6, 6.07) is 5.56. The fourth-order valence-corrected chi connectivity index (χ4v) is 2.88. The van der Waals surface area contributed by atoms with Crippen molar-refractivity contribution >= 4 is 17.7 Å². The summed E-state index contributed by atoms with van der Waals surface area (Å²) < 4.78 is 10.7. The van der Waals surface area contributed by atoms with Crippen molar-refractivity contribution < 1.29 is 14.3 Å². The number of aromatic nitrogens is 3. The largest absolute Gasteiger partial charge is 0.454 e. The number of hydrogen-bond donors (Lipinski definition) is 2. The minimum Gasteiger partial charge on any atom is -0.454 e. The maximum atomic E-state index is 12.1. The van der Waals surface area contributed by atoms with E-state index in [-0.39, 0.29) is 30.4 Å². The van der Waals surface area contributed by atoms with E-state index in [0.29, 0.717) is 10.9 Å². The lowest BCUT2D eigenvalue weighted by Crippen LogP contribution is -2.28. The topological polar surface area (TPSA) is 89.1 Å². The number of H-pyrrole nitrogens is 1. The number of fused-ring (bicyclic) bond motifs is 1. The Morgan fingerprint density at radius 2 is 2.12 bits per heavy atom. The number of thioether (sulfide) groups is 1. The zero-order valence-corrected chi connectivity index (χ0v) is 14.6. The highest BCUT2D eigenvalue weighted by Crippen LogP contribution is 2.34. The van der Waals surface area contributed by atoms with Gasteiger partial charge in [-0.2, -0.15) is 0 Å². The molecule has 8 heteroatoms. The molecule has 0 saturated carbocycles. The third kappa shape index (κ3) is 3.81. The molecule has 128 valence electrons. The number of nitrogens with one attached hydrogen (secondary N) is 2. The number of aromatic amines is 1. The van der Waals surface area contributed by atoms with Crippen molar-refractivity contribution in [2.75, 3.05) is 12.5 Å². The summed E-state index contributed by atoms with van der Waals surface area (Å²) in [5.41, 5.74) is 0.970. The Morgan fingerprint density at radius 1 is 1.33 bits per heavy atom. The molecule has 1 aliphatic rings. The number of carbonyl (C=O) groups is 1. The van der Waals surface area contributed by atoms with Crippen LogP contribution in [0.4, 0.5) is 0 Å². The monoisotopic (exact) mass is 348 g/mol. The van der Waals surface area contributed by atoms with E-state index in [1.165, 1.54) is 11.8 Å². The average Bonchev–Trinajstić information content (AvgIpc) is 3.21. The third-order valence-electron chi connectivity index (χ3n) is 3.64. The smallest absolute Gasteiger partial charge is 0.231 e. The molecule has 1 aromatic heterocycles. The van der Waals surface area contributed by atoms with E-state index in [0.717, 1.165) is 17.1 Å². The van der Waals surface area contributed by atoms with Crippen LogP contribution in [0.2, 0.25) is 0 Å². The maximum absolute atomic E-state index is 12.1. The number of rotatable bonds is 6. The van der Waals surface area contributed by atoms with Crippen LogP contribution in [0.5, 0.6) is 11.5 Å². The van der Waals surface area contributed by atoms with E-state index >= 15 is 0 Å². The summed E-state index contributed by atoms with van der Waals surface area (Å²) in [4.78, 5) is 16.5. The van der Waals surface area contributed by atoms with Gasteiger partial charge in [-0.1, -0.05) is 31.7 Å². The van der Waals surface area contributed by atoms with Crippen molar-refractivity contribution in [3.8, 4) is 11.5 Å². The predicted molar refractivity (Wildman–Crippen MR) is 90.3 cm³/mol. The lowest BCUT2D eigenvalue weighted by molar-refractivity contribution is -0.119. The highest BCUT2D eigenvalue weighted by Gasteiger charge is 2.17. The third-order valence-corrected chi connectivity index (χ3v) is 4.48. The molecule has 24 heavy (non-hydrogen) atoms. The quantitative estimate of drug-likeness (QED) is 0.780. The van der Waals surface area contributed by atoms with Gasteiger partial charge in [0.2, 0.25) is 17.9 Å². The minimum absolute atomic E-state index is 0.0685. The van der Waals surface area contributed by atoms with Gasteiger partial charge in [-0.05, 0) is 24.6 Å². The van der Waals surface area contributed by atoms with Crippen molar-refractivity contribution in [1.82, 2.24) is 20.5 Å². The summed E-state index contributed by atoms with van der Waals surface area (Å²) in [6.07, 6.45) is 0. The van der Waals surface area contributed by atoms with Gasteiger partial charge >= 0.3 is 0 Å². The first kappa shape index (κ1) is 16.6. The lowest BCUT2D eigenvalue weighted by atomic mass is 10.1.